The molecule has 0 saturated carbocycles. The van der Waals surface area contributed by atoms with E-state index >= 15 is 0 Å². The Morgan fingerprint density at radius 1 is 0.303 bits per heavy atom. The molecular formula is C70H136O17P2. The summed E-state index contributed by atoms with van der Waals surface area (Å²) in [5.74, 6) is -0.560. The van der Waals surface area contributed by atoms with Gasteiger partial charge >= 0.3 is 39.5 Å². The average molecular weight is 1310 g/mol. The largest absolute Gasteiger partial charge is 0.472 e. The van der Waals surface area contributed by atoms with Crippen LogP contribution in [0.5, 0.6) is 0 Å². The number of hydrogen-bond acceptors (Lipinski definition) is 15. The van der Waals surface area contributed by atoms with E-state index in [0.29, 0.717) is 25.7 Å². The molecule has 0 rings (SSSR count). The molecule has 5 atom stereocenters. The van der Waals surface area contributed by atoms with Crippen molar-refractivity contribution in [2.45, 2.75) is 374 Å². The molecule has 0 aliphatic heterocycles. The predicted molar refractivity (Wildman–Crippen MR) is 358 cm³/mol. The lowest BCUT2D eigenvalue weighted by atomic mass is 10.0. The molecule has 0 fully saturated rings. The molecular weight excluding hydrogens is 1170 g/mol. The van der Waals surface area contributed by atoms with Gasteiger partial charge in [-0.15, -0.1) is 0 Å². The Balaban J connectivity index is 5.21. The predicted octanol–water partition coefficient (Wildman–Crippen LogP) is 20.0. The van der Waals surface area contributed by atoms with Crippen molar-refractivity contribution in [1.29, 1.82) is 0 Å². The molecule has 0 saturated heterocycles. The fraction of sp³-hybridized carbons (Fsp3) is 0.943. The number of phosphoric ester groups is 2. The van der Waals surface area contributed by atoms with Gasteiger partial charge < -0.3 is 33.8 Å². The molecule has 3 N–H and O–H groups in total. The zero-order valence-electron chi connectivity index (χ0n) is 57.7. The molecule has 0 spiro atoms. The molecule has 0 aromatic heterocycles. The van der Waals surface area contributed by atoms with Crippen LogP contribution in [0.1, 0.15) is 356 Å². The van der Waals surface area contributed by atoms with Gasteiger partial charge in [0, 0.05) is 25.7 Å². The van der Waals surface area contributed by atoms with Crippen molar-refractivity contribution in [2.75, 3.05) is 39.6 Å². The first-order chi connectivity index (χ1) is 42.9. The number of ether oxygens (including phenoxy) is 4. The van der Waals surface area contributed by atoms with Crippen LogP contribution in [0.2, 0.25) is 0 Å². The van der Waals surface area contributed by atoms with E-state index in [1.807, 2.05) is 0 Å². The number of aliphatic hydroxyl groups excluding tert-OH is 1. The molecule has 528 valence electrons. The van der Waals surface area contributed by atoms with Gasteiger partial charge in [0.2, 0.25) is 0 Å². The Kier molecular flexibility index (Phi) is 60.8. The minimum Gasteiger partial charge on any atom is -0.462 e. The molecule has 0 radical (unpaired) electrons. The second-order valence-corrected chi connectivity index (χ2v) is 29.1. The number of esters is 4. The molecule has 0 heterocycles. The molecule has 0 bridgehead atoms. The van der Waals surface area contributed by atoms with Crippen molar-refractivity contribution in [3.05, 3.63) is 0 Å². The van der Waals surface area contributed by atoms with E-state index in [0.717, 1.165) is 108 Å². The van der Waals surface area contributed by atoms with Crippen molar-refractivity contribution >= 4 is 39.5 Å². The Labute approximate surface area is 543 Å². The third kappa shape index (κ3) is 64.6. The SMILES string of the molecule is CCCCCCCCCCCCC(=O)O[C@H](COC(=O)CCCCCCCCCC)COP(=O)(O)OC[C@H](O)COP(=O)(O)OC[C@@H](COC(=O)CCCCCCCCCCCCCC(C)C)OC(=O)CCCCCCCCCCCCCCCCC(C)C. The third-order valence-electron chi connectivity index (χ3n) is 16.2. The monoisotopic (exact) mass is 1310 g/mol. The number of carbonyl (C=O) groups excluding carboxylic acids is 4. The van der Waals surface area contributed by atoms with Gasteiger partial charge in [0.05, 0.1) is 26.4 Å². The highest BCUT2D eigenvalue weighted by molar-refractivity contribution is 7.47. The first-order valence-electron chi connectivity index (χ1n) is 36.5. The molecule has 0 aliphatic carbocycles. The number of rotatable bonds is 69. The molecule has 0 aromatic rings. The lowest BCUT2D eigenvalue weighted by Crippen LogP contribution is -2.30. The second-order valence-electron chi connectivity index (χ2n) is 26.2. The molecule has 0 aliphatic rings. The second kappa shape index (κ2) is 62.2. The van der Waals surface area contributed by atoms with Gasteiger partial charge in [-0.1, -0.05) is 305 Å². The first kappa shape index (κ1) is 87.1. The van der Waals surface area contributed by atoms with Crippen LogP contribution in [0.3, 0.4) is 0 Å². The molecule has 89 heavy (non-hydrogen) atoms. The first-order valence-corrected chi connectivity index (χ1v) is 39.5. The van der Waals surface area contributed by atoms with Gasteiger partial charge in [-0.3, -0.25) is 37.3 Å². The summed E-state index contributed by atoms with van der Waals surface area (Å²) in [4.78, 5) is 72.4. The van der Waals surface area contributed by atoms with Crippen LogP contribution in [0.15, 0.2) is 0 Å². The summed E-state index contributed by atoms with van der Waals surface area (Å²) in [6.07, 6.45) is 47.2. The van der Waals surface area contributed by atoms with Gasteiger partial charge in [-0.25, -0.2) is 9.13 Å². The van der Waals surface area contributed by atoms with Crippen LogP contribution in [0.25, 0.3) is 0 Å². The Hall–Kier alpha value is -1.94. The third-order valence-corrected chi connectivity index (χ3v) is 18.1. The molecule has 17 nitrogen and oxygen atoms in total. The molecule has 0 aromatic carbocycles. The van der Waals surface area contributed by atoms with E-state index < -0.39 is 97.5 Å². The highest BCUT2D eigenvalue weighted by atomic mass is 31.2. The highest BCUT2D eigenvalue weighted by Gasteiger charge is 2.30. The zero-order valence-corrected chi connectivity index (χ0v) is 59.5. The molecule has 19 heteroatoms. The number of hydrogen-bond donors (Lipinski definition) is 3. The summed E-state index contributed by atoms with van der Waals surface area (Å²) >= 11 is 0. The fourth-order valence-electron chi connectivity index (χ4n) is 10.6. The minimum absolute atomic E-state index is 0.106. The standard InChI is InChI=1S/C70H136O17P2/c1-7-9-11-13-15-17-29-36-42-48-54-69(74)86-65(58-80-67(72)52-46-40-34-16-14-12-10-8-2)60-84-88(76,77)82-56-64(71)57-83-89(78,79)85-61-66(59-81-68(73)53-47-41-35-30-26-22-24-28-33-39-45-51-63(5)6)87-70(75)55-49-43-37-31-25-21-19-18-20-23-27-32-38-44-50-62(3)4/h62-66,71H,7-61H2,1-6H3,(H,76,77)(H,78,79)/t64-,65+,66+/m0/s1. The van der Waals surface area contributed by atoms with Crippen molar-refractivity contribution in [2.24, 2.45) is 11.8 Å². The van der Waals surface area contributed by atoms with Crippen molar-refractivity contribution in [1.82, 2.24) is 0 Å². The lowest BCUT2D eigenvalue weighted by molar-refractivity contribution is -0.161. The van der Waals surface area contributed by atoms with Crippen LogP contribution in [0, 0.1) is 11.8 Å². The summed E-state index contributed by atoms with van der Waals surface area (Å²) in [5, 5.41) is 10.6. The highest BCUT2D eigenvalue weighted by Crippen LogP contribution is 2.45. The average Bonchev–Trinajstić information content (AvgIpc) is 3.71. The van der Waals surface area contributed by atoms with E-state index in [9.17, 15) is 43.2 Å². The van der Waals surface area contributed by atoms with E-state index in [-0.39, 0.29) is 25.7 Å². The van der Waals surface area contributed by atoms with Gasteiger partial charge in [-0.05, 0) is 37.5 Å². The fourth-order valence-corrected chi connectivity index (χ4v) is 12.2. The smallest absolute Gasteiger partial charge is 0.462 e. The van der Waals surface area contributed by atoms with E-state index in [2.05, 4.69) is 41.5 Å². The van der Waals surface area contributed by atoms with Crippen LogP contribution in [-0.2, 0) is 65.4 Å². The maximum Gasteiger partial charge on any atom is 0.472 e. The van der Waals surface area contributed by atoms with Crippen molar-refractivity contribution in [3.8, 4) is 0 Å². The van der Waals surface area contributed by atoms with Crippen LogP contribution in [0.4, 0.5) is 0 Å². The minimum atomic E-state index is -4.95. The molecule has 2 unspecified atom stereocenters. The van der Waals surface area contributed by atoms with Crippen LogP contribution in [-0.4, -0.2) is 96.7 Å². The maximum atomic E-state index is 13.0. The Morgan fingerprint density at radius 3 is 0.764 bits per heavy atom. The van der Waals surface area contributed by atoms with Gasteiger partial charge in [-0.2, -0.15) is 0 Å². The number of aliphatic hydroxyl groups is 1. The van der Waals surface area contributed by atoms with Crippen LogP contribution >= 0.6 is 15.6 Å². The summed E-state index contributed by atoms with van der Waals surface area (Å²) in [5.41, 5.74) is 0. The summed E-state index contributed by atoms with van der Waals surface area (Å²) < 4.78 is 68.2. The maximum absolute atomic E-state index is 13.0. The van der Waals surface area contributed by atoms with Crippen molar-refractivity contribution in [3.63, 3.8) is 0 Å². The van der Waals surface area contributed by atoms with Gasteiger partial charge in [0.1, 0.15) is 19.3 Å². The van der Waals surface area contributed by atoms with E-state index in [4.69, 9.17) is 37.0 Å². The van der Waals surface area contributed by atoms with E-state index in [1.165, 1.54) is 167 Å². The quantitative estimate of drug-likeness (QED) is 0.0222. The number of carbonyl (C=O) groups is 4. The number of unbranched alkanes of at least 4 members (excludes halogenated alkanes) is 39. The summed E-state index contributed by atoms with van der Waals surface area (Å²) in [7, 11) is -9.89. The van der Waals surface area contributed by atoms with Crippen molar-refractivity contribution < 1.29 is 80.2 Å². The topological polar surface area (TPSA) is 237 Å². The lowest BCUT2D eigenvalue weighted by Gasteiger charge is -2.21. The summed E-state index contributed by atoms with van der Waals surface area (Å²) in [6, 6.07) is 0. The normalized spacial score (nSPS) is 14.1. The zero-order chi connectivity index (χ0) is 65.7. The van der Waals surface area contributed by atoms with Gasteiger partial charge in [0.15, 0.2) is 12.2 Å². The number of phosphoric acid groups is 2. The van der Waals surface area contributed by atoms with Crippen LogP contribution < -0.4 is 0 Å². The van der Waals surface area contributed by atoms with E-state index in [1.54, 1.807) is 0 Å². The van der Waals surface area contributed by atoms with Gasteiger partial charge in [0.25, 0.3) is 0 Å². The summed E-state index contributed by atoms with van der Waals surface area (Å²) in [6.45, 7) is 9.54. The molecule has 0 amide bonds. The Morgan fingerprint density at radius 2 is 0.517 bits per heavy atom. The Bertz CT molecular complexity index is 1730.